The fourth-order valence-corrected chi connectivity index (χ4v) is 0.733. The summed E-state index contributed by atoms with van der Waals surface area (Å²) in [6.45, 7) is 4.61. The summed E-state index contributed by atoms with van der Waals surface area (Å²) in [5.41, 5.74) is -2.33. The molecule has 1 atom stereocenters. The highest BCUT2D eigenvalue weighted by Gasteiger charge is 2.36. The van der Waals surface area contributed by atoms with E-state index in [1.807, 2.05) is 0 Å². The lowest BCUT2D eigenvalue weighted by molar-refractivity contribution is -0.123. The van der Waals surface area contributed by atoms with E-state index in [1.54, 1.807) is 6.92 Å². The number of hydrogen-bond acceptors (Lipinski definition) is 2. The first kappa shape index (κ1) is 11.6. The summed E-state index contributed by atoms with van der Waals surface area (Å²) in [6, 6.07) is 0. The smallest absolute Gasteiger partial charge is 0.0902 e. The van der Waals surface area contributed by atoms with Crippen molar-refractivity contribution >= 4 is 0 Å². The molecule has 0 aliphatic heterocycles. The molecular weight excluding hydrogens is 159 g/mol. The van der Waals surface area contributed by atoms with Gasteiger partial charge in [0.15, 0.2) is 0 Å². The monoisotopic (exact) mass is 176 g/mol. The Kier molecular flexibility index (Phi) is 3.87. The molecule has 0 aromatic heterocycles. The van der Waals surface area contributed by atoms with Crippen LogP contribution in [-0.2, 0) is 0 Å². The van der Waals surface area contributed by atoms with Crippen molar-refractivity contribution in [3.63, 3.8) is 0 Å². The van der Waals surface area contributed by atoms with E-state index in [0.29, 0.717) is 19.2 Å². The van der Waals surface area contributed by atoms with Crippen LogP contribution >= 0.6 is 0 Å². The normalized spacial score (nSPS) is 18.2. The van der Waals surface area contributed by atoms with Crippen LogP contribution in [0.2, 0.25) is 0 Å². The van der Waals surface area contributed by atoms with Gasteiger partial charge in [0.2, 0.25) is 0 Å². The molecule has 0 aromatic carbocycles. The summed E-state index contributed by atoms with van der Waals surface area (Å²) in [7, 11) is 0. The van der Waals surface area contributed by atoms with E-state index < -0.39 is 11.2 Å². The van der Waals surface area contributed by atoms with Crippen LogP contribution in [0.5, 0.6) is 0 Å². The maximum atomic E-state index is 11.5. The Hall–Kier alpha value is -0.410. The van der Waals surface area contributed by atoms with Gasteiger partial charge in [-0.3, -0.25) is 0 Å². The van der Waals surface area contributed by atoms with Crippen molar-refractivity contribution in [2.45, 2.75) is 44.8 Å². The molecular formula is C9H17FO2. The quantitative estimate of drug-likeness (QED) is 0.685. The highest BCUT2D eigenvalue weighted by Crippen LogP contribution is 2.26. The number of halogens is 1. The van der Waals surface area contributed by atoms with Gasteiger partial charge in [-0.05, 0) is 33.6 Å². The first-order chi connectivity index (χ1) is 5.31. The molecule has 0 saturated carbocycles. The van der Waals surface area contributed by atoms with E-state index in [2.05, 4.69) is 0 Å². The van der Waals surface area contributed by atoms with E-state index in [0.717, 1.165) is 0 Å². The molecule has 0 heterocycles. The Labute approximate surface area is 72.7 Å². The Morgan fingerprint density at radius 3 is 2.08 bits per heavy atom. The molecule has 0 aliphatic rings. The molecule has 0 bridgehead atoms. The highest BCUT2D eigenvalue weighted by molar-refractivity contribution is 4.91. The average molecular weight is 176 g/mol. The fraction of sp³-hybridized carbons (Fsp3) is 0.778. The Morgan fingerprint density at radius 1 is 1.25 bits per heavy atom. The molecule has 0 aliphatic carbocycles. The van der Waals surface area contributed by atoms with Crippen LogP contribution in [-0.4, -0.2) is 21.4 Å². The molecule has 1 unspecified atom stereocenters. The number of hydrogen-bond donors (Lipinski definition) is 2. The van der Waals surface area contributed by atoms with Crippen LogP contribution in [0.3, 0.4) is 0 Å². The van der Waals surface area contributed by atoms with Crippen LogP contribution in [0.15, 0.2) is 12.4 Å². The summed E-state index contributed by atoms with van der Waals surface area (Å²) < 4.78 is 11.5. The zero-order valence-corrected chi connectivity index (χ0v) is 7.84. The summed E-state index contributed by atoms with van der Waals surface area (Å²) in [5, 5.41) is 19.1. The minimum absolute atomic E-state index is 0.344. The van der Waals surface area contributed by atoms with Gasteiger partial charge in [-0.15, -0.1) is 0 Å². The second-order valence-electron chi connectivity index (χ2n) is 3.73. The molecule has 0 aromatic rings. The Bertz CT molecular complexity index is 156. The minimum atomic E-state index is -1.17. The van der Waals surface area contributed by atoms with Gasteiger partial charge in [-0.25, -0.2) is 4.39 Å². The van der Waals surface area contributed by atoms with E-state index >= 15 is 0 Å². The van der Waals surface area contributed by atoms with E-state index in [1.165, 1.54) is 19.9 Å². The standard InChI is InChI=1S/C9H17FO2/c1-8(2,11)9(3,12)6-4-5-7-10/h5,7,11-12H,4,6H2,1-3H3. The van der Waals surface area contributed by atoms with Gasteiger partial charge >= 0.3 is 0 Å². The summed E-state index contributed by atoms with van der Waals surface area (Å²) in [6.07, 6.45) is 2.53. The van der Waals surface area contributed by atoms with Gasteiger partial charge in [-0.1, -0.05) is 6.08 Å². The number of rotatable bonds is 4. The van der Waals surface area contributed by atoms with Crippen molar-refractivity contribution in [1.29, 1.82) is 0 Å². The van der Waals surface area contributed by atoms with E-state index in [9.17, 15) is 14.6 Å². The molecule has 0 saturated heterocycles. The van der Waals surface area contributed by atoms with Crippen molar-refractivity contribution in [2.24, 2.45) is 0 Å². The predicted octanol–water partition coefficient (Wildman–Crippen LogP) is 1.77. The number of aliphatic hydroxyl groups is 2. The average Bonchev–Trinajstić information content (AvgIpc) is 1.85. The first-order valence-corrected chi connectivity index (χ1v) is 4.01. The fourth-order valence-electron chi connectivity index (χ4n) is 0.733. The minimum Gasteiger partial charge on any atom is -0.387 e. The van der Waals surface area contributed by atoms with Crippen molar-refractivity contribution in [1.82, 2.24) is 0 Å². The molecule has 0 radical (unpaired) electrons. The third kappa shape index (κ3) is 3.32. The molecule has 0 fully saturated rings. The van der Waals surface area contributed by atoms with Crippen LogP contribution in [0, 0.1) is 0 Å². The molecule has 72 valence electrons. The summed E-state index contributed by atoms with van der Waals surface area (Å²) in [5.74, 6) is 0. The zero-order chi connectivity index (χ0) is 9.83. The molecule has 0 rings (SSSR count). The van der Waals surface area contributed by atoms with Gasteiger partial charge in [0.1, 0.15) is 0 Å². The topological polar surface area (TPSA) is 40.5 Å². The van der Waals surface area contributed by atoms with Crippen LogP contribution in [0.25, 0.3) is 0 Å². The van der Waals surface area contributed by atoms with Gasteiger partial charge in [-0.2, -0.15) is 0 Å². The van der Waals surface area contributed by atoms with Crippen molar-refractivity contribution in [2.75, 3.05) is 0 Å². The van der Waals surface area contributed by atoms with Gasteiger partial charge in [0.05, 0.1) is 17.5 Å². The zero-order valence-electron chi connectivity index (χ0n) is 7.84. The number of allylic oxidation sites excluding steroid dienone is 1. The third-order valence-corrected chi connectivity index (χ3v) is 2.20. The van der Waals surface area contributed by atoms with Gasteiger partial charge < -0.3 is 10.2 Å². The van der Waals surface area contributed by atoms with E-state index in [-0.39, 0.29) is 0 Å². The first-order valence-electron chi connectivity index (χ1n) is 4.01. The Morgan fingerprint density at radius 2 is 1.75 bits per heavy atom. The summed E-state index contributed by atoms with van der Waals surface area (Å²) >= 11 is 0. The van der Waals surface area contributed by atoms with Gasteiger partial charge in [0, 0.05) is 0 Å². The summed E-state index contributed by atoms with van der Waals surface area (Å²) in [4.78, 5) is 0. The molecule has 3 heteroatoms. The molecule has 12 heavy (non-hydrogen) atoms. The lowest BCUT2D eigenvalue weighted by Crippen LogP contribution is -2.47. The molecule has 2 nitrogen and oxygen atoms in total. The highest BCUT2D eigenvalue weighted by atomic mass is 19.1. The van der Waals surface area contributed by atoms with Crippen molar-refractivity contribution in [3.8, 4) is 0 Å². The third-order valence-electron chi connectivity index (χ3n) is 2.20. The maximum Gasteiger partial charge on any atom is 0.0902 e. The van der Waals surface area contributed by atoms with Gasteiger partial charge in [0.25, 0.3) is 0 Å². The predicted molar refractivity (Wildman–Crippen MR) is 46.4 cm³/mol. The molecule has 2 N–H and O–H groups in total. The largest absolute Gasteiger partial charge is 0.387 e. The van der Waals surface area contributed by atoms with Crippen LogP contribution in [0.4, 0.5) is 4.39 Å². The Balaban J connectivity index is 4.05. The van der Waals surface area contributed by atoms with Crippen molar-refractivity contribution < 1.29 is 14.6 Å². The second kappa shape index (κ2) is 4.01. The van der Waals surface area contributed by atoms with Crippen molar-refractivity contribution in [3.05, 3.63) is 12.4 Å². The van der Waals surface area contributed by atoms with E-state index in [4.69, 9.17) is 0 Å². The lowest BCUT2D eigenvalue weighted by atomic mass is 9.84. The molecule has 0 spiro atoms. The maximum absolute atomic E-state index is 11.5. The lowest BCUT2D eigenvalue weighted by Gasteiger charge is -2.35. The van der Waals surface area contributed by atoms with Crippen LogP contribution < -0.4 is 0 Å². The van der Waals surface area contributed by atoms with Crippen LogP contribution in [0.1, 0.15) is 33.6 Å². The second-order valence-corrected chi connectivity index (χ2v) is 3.73. The SMILES string of the molecule is CC(C)(O)C(C)(O)CCC=CF. The molecule has 0 amide bonds.